The largest absolute Gasteiger partial charge is 0.336 e. The summed E-state index contributed by atoms with van der Waals surface area (Å²) in [6, 6.07) is 0. The molecule has 0 rings (SSSR count). The summed E-state index contributed by atoms with van der Waals surface area (Å²) in [5.74, 6) is 1.41. The molecule has 0 heterocycles. The summed E-state index contributed by atoms with van der Waals surface area (Å²) >= 11 is 0. The molecular weight excluding hydrogens is 207 g/mol. The van der Waals surface area contributed by atoms with Gasteiger partial charge in [0.25, 0.3) is 0 Å². The van der Waals surface area contributed by atoms with Gasteiger partial charge in [0.05, 0.1) is 13.2 Å². The second-order valence-electron chi connectivity index (χ2n) is 4.07. The highest BCUT2D eigenvalue weighted by Crippen LogP contribution is 2.20. The fourth-order valence-corrected chi connectivity index (χ4v) is 2.08. The second kappa shape index (κ2) is 10.9. The van der Waals surface area contributed by atoms with Crippen molar-refractivity contribution in [2.75, 3.05) is 13.2 Å². The summed E-state index contributed by atoms with van der Waals surface area (Å²) in [4.78, 5) is 0. The molecule has 0 N–H and O–H groups in total. The molecule has 0 bridgehead atoms. The zero-order valence-corrected chi connectivity index (χ0v) is 11.7. The fourth-order valence-electron chi connectivity index (χ4n) is 1.39. The first-order valence-corrected chi connectivity index (χ1v) is 7.08. The predicted molar refractivity (Wildman–Crippen MR) is 68.4 cm³/mol. The molecule has 0 fully saturated rings. The van der Waals surface area contributed by atoms with Crippen LogP contribution >= 0.6 is 9.03 Å². The summed E-state index contributed by atoms with van der Waals surface area (Å²) < 4.78 is 11.0. The van der Waals surface area contributed by atoms with Crippen LogP contribution < -0.4 is 0 Å². The van der Waals surface area contributed by atoms with Gasteiger partial charge in [-0.2, -0.15) is 0 Å². The van der Waals surface area contributed by atoms with E-state index in [4.69, 9.17) is 9.05 Å². The minimum atomic E-state index is 0.230. The Morgan fingerprint density at radius 1 is 0.733 bits per heavy atom. The first-order chi connectivity index (χ1) is 7.28. The van der Waals surface area contributed by atoms with Crippen molar-refractivity contribution in [3.8, 4) is 0 Å². The zero-order valence-electron chi connectivity index (χ0n) is 10.7. The molecule has 0 radical (unpaired) electrons. The highest BCUT2D eigenvalue weighted by Gasteiger charge is 2.05. The van der Waals surface area contributed by atoms with Gasteiger partial charge in [-0.25, -0.2) is 0 Å². The lowest BCUT2D eigenvalue weighted by Crippen LogP contribution is -2.06. The lowest BCUT2D eigenvalue weighted by molar-refractivity contribution is 0.199. The third kappa shape index (κ3) is 8.19. The molecule has 0 aliphatic carbocycles. The number of rotatable bonds is 10. The van der Waals surface area contributed by atoms with Crippen LogP contribution in [0.2, 0.25) is 0 Å². The second-order valence-corrected chi connectivity index (χ2v) is 4.81. The number of hydrogen-bond donors (Lipinski definition) is 0. The molecule has 0 aromatic rings. The highest BCUT2D eigenvalue weighted by molar-refractivity contribution is 7.26. The summed E-state index contributed by atoms with van der Waals surface area (Å²) in [6.07, 6.45) is 4.81. The number of hydrogen-bond acceptors (Lipinski definition) is 2. The Hall–Kier alpha value is 0.350. The summed E-state index contributed by atoms with van der Waals surface area (Å²) in [7, 11) is 0.230. The van der Waals surface area contributed by atoms with Crippen LogP contribution in [0.15, 0.2) is 0 Å². The standard InChI is InChI=1S/C12H27O2P/c1-5-11(6-2)9-13-15-14-10-12(7-3)8-4/h11-12,15H,5-10H2,1-4H3. The fraction of sp³-hybridized carbons (Fsp3) is 1.00. The van der Waals surface area contributed by atoms with Crippen molar-refractivity contribution in [2.45, 2.75) is 53.4 Å². The van der Waals surface area contributed by atoms with E-state index in [0.29, 0.717) is 11.8 Å². The first kappa shape index (κ1) is 15.3. The maximum atomic E-state index is 5.52. The Labute approximate surface area is 97.1 Å². The van der Waals surface area contributed by atoms with Crippen molar-refractivity contribution in [3.63, 3.8) is 0 Å². The third-order valence-corrected chi connectivity index (χ3v) is 3.63. The van der Waals surface area contributed by atoms with E-state index >= 15 is 0 Å². The van der Waals surface area contributed by atoms with Crippen molar-refractivity contribution >= 4 is 9.03 Å². The Morgan fingerprint density at radius 2 is 1.07 bits per heavy atom. The lowest BCUT2D eigenvalue weighted by Gasteiger charge is -2.14. The van der Waals surface area contributed by atoms with E-state index in [2.05, 4.69) is 27.7 Å². The van der Waals surface area contributed by atoms with E-state index in [1.54, 1.807) is 0 Å². The zero-order chi connectivity index (χ0) is 11.5. The van der Waals surface area contributed by atoms with E-state index in [9.17, 15) is 0 Å². The summed E-state index contributed by atoms with van der Waals surface area (Å²) in [6.45, 7) is 10.6. The van der Waals surface area contributed by atoms with E-state index in [1.165, 1.54) is 25.7 Å². The molecule has 0 spiro atoms. The maximum Gasteiger partial charge on any atom is 0.155 e. The van der Waals surface area contributed by atoms with Crippen molar-refractivity contribution in [3.05, 3.63) is 0 Å². The van der Waals surface area contributed by atoms with Gasteiger partial charge in [-0.1, -0.05) is 53.4 Å². The topological polar surface area (TPSA) is 18.5 Å². The maximum absolute atomic E-state index is 5.52. The van der Waals surface area contributed by atoms with Gasteiger partial charge >= 0.3 is 0 Å². The van der Waals surface area contributed by atoms with Crippen LogP contribution in [0.25, 0.3) is 0 Å². The van der Waals surface area contributed by atoms with Crippen LogP contribution in [-0.2, 0) is 9.05 Å². The quantitative estimate of drug-likeness (QED) is 0.412. The minimum absolute atomic E-state index is 0.230. The third-order valence-electron chi connectivity index (χ3n) is 3.07. The molecule has 3 heteroatoms. The lowest BCUT2D eigenvalue weighted by atomic mass is 10.1. The molecule has 0 saturated carbocycles. The smallest absolute Gasteiger partial charge is 0.155 e. The first-order valence-electron chi connectivity index (χ1n) is 6.26. The van der Waals surface area contributed by atoms with Crippen LogP contribution in [0, 0.1) is 11.8 Å². The van der Waals surface area contributed by atoms with Gasteiger partial charge in [0, 0.05) is 0 Å². The molecule has 92 valence electrons. The van der Waals surface area contributed by atoms with Gasteiger partial charge < -0.3 is 9.05 Å². The summed E-state index contributed by atoms with van der Waals surface area (Å²) in [5, 5.41) is 0. The van der Waals surface area contributed by atoms with E-state index in [-0.39, 0.29) is 9.03 Å². The molecule has 0 amide bonds. The van der Waals surface area contributed by atoms with Gasteiger partial charge in [-0.15, -0.1) is 0 Å². The Bertz CT molecular complexity index is 109. The van der Waals surface area contributed by atoms with Crippen molar-refractivity contribution in [1.29, 1.82) is 0 Å². The molecule has 0 unspecified atom stereocenters. The molecule has 0 aliphatic rings. The van der Waals surface area contributed by atoms with Gasteiger partial charge in [0.1, 0.15) is 0 Å². The van der Waals surface area contributed by atoms with Gasteiger partial charge in [0.2, 0.25) is 0 Å². The Kier molecular flexibility index (Phi) is 11.1. The van der Waals surface area contributed by atoms with E-state index < -0.39 is 0 Å². The minimum Gasteiger partial charge on any atom is -0.336 e. The van der Waals surface area contributed by atoms with Gasteiger partial charge in [0.15, 0.2) is 9.03 Å². The highest BCUT2D eigenvalue weighted by atomic mass is 31.1. The molecule has 0 aliphatic heterocycles. The SMILES string of the molecule is CCC(CC)COPOCC(CC)CC. The van der Waals surface area contributed by atoms with E-state index in [1.807, 2.05) is 0 Å². The molecule has 15 heavy (non-hydrogen) atoms. The van der Waals surface area contributed by atoms with Gasteiger partial charge in [-0.3, -0.25) is 0 Å². The Balaban J connectivity index is 3.30. The summed E-state index contributed by atoms with van der Waals surface area (Å²) in [5.41, 5.74) is 0. The molecule has 0 atom stereocenters. The normalized spacial score (nSPS) is 11.6. The van der Waals surface area contributed by atoms with Crippen molar-refractivity contribution in [2.24, 2.45) is 11.8 Å². The van der Waals surface area contributed by atoms with Crippen molar-refractivity contribution < 1.29 is 9.05 Å². The molecule has 0 aromatic carbocycles. The predicted octanol–water partition coefficient (Wildman–Crippen LogP) is 4.40. The molecule has 2 nitrogen and oxygen atoms in total. The van der Waals surface area contributed by atoms with Gasteiger partial charge in [-0.05, 0) is 11.8 Å². The molecular formula is C12H27O2P. The average molecular weight is 234 g/mol. The van der Waals surface area contributed by atoms with E-state index in [0.717, 1.165) is 13.2 Å². The van der Waals surface area contributed by atoms with Crippen LogP contribution in [0.5, 0.6) is 0 Å². The van der Waals surface area contributed by atoms with Crippen molar-refractivity contribution in [1.82, 2.24) is 0 Å². The van der Waals surface area contributed by atoms with Crippen LogP contribution in [-0.4, -0.2) is 13.2 Å². The van der Waals surface area contributed by atoms with Crippen LogP contribution in [0.1, 0.15) is 53.4 Å². The van der Waals surface area contributed by atoms with Crippen LogP contribution in [0.3, 0.4) is 0 Å². The average Bonchev–Trinajstić information content (AvgIpc) is 2.29. The Morgan fingerprint density at radius 3 is 1.33 bits per heavy atom. The molecule has 0 saturated heterocycles. The van der Waals surface area contributed by atoms with Crippen LogP contribution in [0.4, 0.5) is 0 Å². The molecule has 0 aromatic heterocycles. The monoisotopic (exact) mass is 234 g/mol.